The smallest absolute Gasteiger partial charge is 0.258 e. The summed E-state index contributed by atoms with van der Waals surface area (Å²) in [6.45, 7) is 4.48. The SMILES string of the molecule is Cc1cc(-c2cnc(N)c(OCc3ccnc(N)c3)n2)cc2c1CCN(C)C2. The van der Waals surface area contributed by atoms with E-state index in [0.29, 0.717) is 18.3 Å². The molecule has 0 saturated carbocycles. The van der Waals surface area contributed by atoms with E-state index in [2.05, 4.69) is 46.0 Å². The van der Waals surface area contributed by atoms with Crippen LogP contribution in [0.15, 0.2) is 36.7 Å². The summed E-state index contributed by atoms with van der Waals surface area (Å²) < 4.78 is 5.81. The summed E-state index contributed by atoms with van der Waals surface area (Å²) in [7, 11) is 2.14. The zero-order valence-electron chi connectivity index (χ0n) is 16.1. The molecule has 0 saturated heterocycles. The lowest BCUT2D eigenvalue weighted by Gasteiger charge is -2.27. The van der Waals surface area contributed by atoms with E-state index in [1.807, 2.05) is 6.07 Å². The molecule has 0 radical (unpaired) electrons. The van der Waals surface area contributed by atoms with Crippen molar-refractivity contribution in [3.05, 3.63) is 58.9 Å². The van der Waals surface area contributed by atoms with Crippen LogP contribution >= 0.6 is 0 Å². The summed E-state index contributed by atoms with van der Waals surface area (Å²) in [6, 6.07) is 7.97. The van der Waals surface area contributed by atoms with Crippen molar-refractivity contribution in [2.45, 2.75) is 26.5 Å². The van der Waals surface area contributed by atoms with Crippen molar-refractivity contribution in [3.8, 4) is 17.1 Å². The average Bonchev–Trinajstić information content (AvgIpc) is 2.67. The van der Waals surface area contributed by atoms with Gasteiger partial charge in [-0.05, 0) is 66.9 Å². The monoisotopic (exact) mass is 376 g/mol. The van der Waals surface area contributed by atoms with Crippen LogP contribution in [-0.2, 0) is 19.6 Å². The second-order valence-electron chi connectivity index (χ2n) is 7.24. The maximum Gasteiger partial charge on any atom is 0.258 e. The van der Waals surface area contributed by atoms with Crippen molar-refractivity contribution in [3.63, 3.8) is 0 Å². The van der Waals surface area contributed by atoms with Crippen molar-refractivity contribution in [2.75, 3.05) is 25.1 Å². The molecule has 7 nitrogen and oxygen atoms in total. The number of aromatic nitrogens is 3. The maximum absolute atomic E-state index is 5.98. The minimum Gasteiger partial charge on any atom is -0.470 e. The zero-order chi connectivity index (χ0) is 19.7. The van der Waals surface area contributed by atoms with Crippen molar-refractivity contribution < 1.29 is 4.74 Å². The van der Waals surface area contributed by atoms with E-state index in [1.54, 1.807) is 18.5 Å². The molecule has 0 unspecified atom stereocenters. The number of nitrogens with two attached hydrogens (primary N) is 2. The molecule has 0 atom stereocenters. The Balaban J connectivity index is 1.62. The molecule has 4 N–H and O–H groups in total. The molecule has 1 aromatic carbocycles. The normalized spacial score (nSPS) is 13.9. The molecule has 4 rings (SSSR count). The van der Waals surface area contributed by atoms with Gasteiger partial charge in [0.25, 0.3) is 5.88 Å². The maximum atomic E-state index is 5.98. The summed E-state index contributed by atoms with van der Waals surface area (Å²) in [4.78, 5) is 15.2. The number of fused-ring (bicyclic) bond motifs is 1. The number of aryl methyl sites for hydroxylation is 1. The van der Waals surface area contributed by atoms with Crippen molar-refractivity contribution in [1.29, 1.82) is 0 Å². The number of benzene rings is 1. The van der Waals surface area contributed by atoms with Gasteiger partial charge in [0.15, 0.2) is 5.82 Å². The second-order valence-corrected chi connectivity index (χ2v) is 7.24. The molecule has 1 aliphatic heterocycles. The number of hydrogen-bond donors (Lipinski definition) is 2. The third kappa shape index (κ3) is 3.75. The van der Waals surface area contributed by atoms with Gasteiger partial charge in [-0.25, -0.2) is 15.0 Å². The fraction of sp³-hybridized carbons (Fsp3) is 0.286. The molecule has 7 heteroatoms. The fourth-order valence-corrected chi connectivity index (χ4v) is 3.57. The summed E-state index contributed by atoms with van der Waals surface area (Å²) >= 11 is 0. The van der Waals surface area contributed by atoms with Gasteiger partial charge in [0.05, 0.1) is 11.9 Å². The number of hydrogen-bond acceptors (Lipinski definition) is 7. The summed E-state index contributed by atoms with van der Waals surface area (Å²) in [5, 5.41) is 0. The fourth-order valence-electron chi connectivity index (χ4n) is 3.57. The lowest BCUT2D eigenvalue weighted by atomic mass is 9.92. The highest BCUT2D eigenvalue weighted by Crippen LogP contribution is 2.29. The van der Waals surface area contributed by atoms with E-state index < -0.39 is 0 Å². The number of nitrogen functional groups attached to an aromatic ring is 2. The minimum atomic E-state index is 0.264. The topological polar surface area (TPSA) is 103 Å². The van der Waals surface area contributed by atoms with Crippen LogP contribution in [-0.4, -0.2) is 33.4 Å². The van der Waals surface area contributed by atoms with Crippen LogP contribution in [0.3, 0.4) is 0 Å². The summed E-state index contributed by atoms with van der Waals surface area (Å²) in [5.41, 5.74) is 18.4. The van der Waals surface area contributed by atoms with Gasteiger partial charge < -0.3 is 21.1 Å². The van der Waals surface area contributed by atoms with Gasteiger partial charge in [0.1, 0.15) is 12.4 Å². The highest BCUT2D eigenvalue weighted by atomic mass is 16.5. The lowest BCUT2D eigenvalue weighted by molar-refractivity contribution is 0.295. The molecule has 3 heterocycles. The highest BCUT2D eigenvalue weighted by Gasteiger charge is 2.17. The molecule has 0 bridgehead atoms. The molecule has 144 valence electrons. The van der Waals surface area contributed by atoms with E-state index in [0.717, 1.165) is 36.3 Å². The molecule has 3 aromatic rings. The number of ether oxygens (including phenoxy) is 1. The molecule has 0 spiro atoms. The number of likely N-dealkylation sites (N-methyl/N-ethyl adjacent to an activating group) is 1. The molecule has 0 fully saturated rings. The van der Waals surface area contributed by atoms with Crippen LogP contribution in [0.4, 0.5) is 11.6 Å². The Morgan fingerprint density at radius 2 is 2.04 bits per heavy atom. The van der Waals surface area contributed by atoms with Gasteiger partial charge in [-0.3, -0.25) is 0 Å². The predicted octanol–water partition coefficient (Wildman–Crippen LogP) is 2.58. The van der Waals surface area contributed by atoms with Crippen LogP contribution < -0.4 is 16.2 Å². The third-order valence-electron chi connectivity index (χ3n) is 5.03. The minimum absolute atomic E-state index is 0.264. The second kappa shape index (κ2) is 7.44. The lowest BCUT2D eigenvalue weighted by Crippen LogP contribution is -2.27. The van der Waals surface area contributed by atoms with Crippen molar-refractivity contribution in [1.82, 2.24) is 19.9 Å². The molecule has 0 aliphatic carbocycles. The van der Waals surface area contributed by atoms with Crippen LogP contribution in [0.2, 0.25) is 0 Å². The third-order valence-corrected chi connectivity index (χ3v) is 5.03. The van der Waals surface area contributed by atoms with Gasteiger partial charge in [-0.1, -0.05) is 0 Å². The molecular formula is C21H24N6O. The van der Waals surface area contributed by atoms with Crippen molar-refractivity contribution >= 4 is 11.6 Å². The number of anilines is 2. The Hall–Kier alpha value is -3.19. The Morgan fingerprint density at radius 3 is 2.86 bits per heavy atom. The van der Waals surface area contributed by atoms with E-state index >= 15 is 0 Å². The molecule has 28 heavy (non-hydrogen) atoms. The molecular weight excluding hydrogens is 352 g/mol. The van der Waals surface area contributed by atoms with Crippen LogP contribution in [0.1, 0.15) is 22.3 Å². The van der Waals surface area contributed by atoms with E-state index in [4.69, 9.17) is 16.2 Å². The quantitative estimate of drug-likeness (QED) is 0.721. The average molecular weight is 376 g/mol. The number of rotatable bonds is 4. The first-order chi connectivity index (χ1) is 13.5. The Kier molecular flexibility index (Phi) is 4.83. The van der Waals surface area contributed by atoms with Gasteiger partial charge >= 0.3 is 0 Å². The molecule has 0 amide bonds. The van der Waals surface area contributed by atoms with Crippen molar-refractivity contribution in [2.24, 2.45) is 0 Å². The van der Waals surface area contributed by atoms with Gasteiger partial charge in [0, 0.05) is 24.8 Å². The van der Waals surface area contributed by atoms with Crippen LogP contribution in [0.5, 0.6) is 5.88 Å². The summed E-state index contributed by atoms with van der Waals surface area (Å²) in [5.74, 6) is 1.03. The largest absolute Gasteiger partial charge is 0.470 e. The predicted molar refractivity (Wildman–Crippen MR) is 110 cm³/mol. The first-order valence-corrected chi connectivity index (χ1v) is 9.26. The Bertz CT molecular complexity index is 1020. The van der Waals surface area contributed by atoms with E-state index in [1.165, 1.54) is 16.7 Å². The van der Waals surface area contributed by atoms with Crippen LogP contribution in [0.25, 0.3) is 11.3 Å². The standard InChI is InChI=1S/C21H24N6O/c1-13-7-15(9-16-11-27(2)6-4-17(13)16)18-10-25-20(23)21(26-18)28-12-14-3-5-24-19(22)8-14/h3,5,7-10H,4,6,11-12H2,1-2H3,(H2,22,24)(H2,23,25). The zero-order valence-corrected chi connectivity index (χ0v) is 16.1. The first kappa shape index (κ1) is 18.2. The van der Waals surface area contributed by atoms with E-state index in [-0.39, 0.29) is 5.82 Å². The van der Waals surface area contributed by atoms with Gasteiger partial charge in [0.2, 0.25) is 0 Å². The molecule has 2 aromatic heterocycles. The van der Waals surface area contributed by atoms with Gasteiger partial charge in [-0.15, -0.1) is 0 Å². The highest BCUT2D eigenvalue weighted by molar-refractivity contribution is 5.64. The first-order valence-electron chi connectivity index (χ1n) is 9.26. The number of nitrogens with zero attached hydrogens (tertiary/aromatic N) is 4. The number of pyridine rings is 1. The van der Waals surface area contributed by atoms with Crippen LogP contribution in [0, 0.1) is 6.92 Å². The Morgan fingerprint density at radius 1 is 1.18 bits per heavy atom. The summed E-state index contributed by atoms with van der Waals surface area (Å²) in [6.07, 6.45) is 4.42. The Labute approximate surface area is 164 Å². The van der Waals surface area contributed by atoms with E-state index in [9.17, 15) is 0 Å². The van der Waals surface area contributed by atoms with Gasteiger partial charge in [-0.2, -0.15) is 0 Å². The molecule has 1 aliphatic rings.